The SMILES string of the molecule is CC1Oc2ccc(Br)cc2N1C. The molecule has 1 atom stereocenters. The van der Waals surface area contributed by atoms with Gasteiger partial charge in [-0.25, -0.2) is 0 Å². The Morgan fingerprint density at radius 1 is 1.50 bits per heavy atom. The summed E-state index contributed by atoms with van der Waals surface area (Å²) in [7, 11) is 2.03. The van der Waals surface area contributed by atoms with Gasteiger partial charge in [0.25, 0.3) is 0 Å². The van der Waals surface area contributed by atoms with Crippen LogP contribution in [0.4, 0.5) is 5.69 Å². The summed E-state index contributed by atoms with van der Waals surface area (Å²) >= 11 is 3.43. The smallest absolute Gasteiger partial charge is 0.169 e. The number of fused-ring (bicyclic) bond motifs is 1. The topological polar surface area (TPSA) is 12.5 Å². The largest absolute Gasteiger partial charge is 0.469 e. The Bertz CT molecular complexity index is 313. The van der Waals surface area contributed by atoms with Crippen LogP contribution >= 0.6 is 15.9 Å². The summed E-state index contributed by atoms with van der Waals surface area (Å²) in [6.07, 6.45) is 0.147. The van der Waals surface area contributed by atoms with Gasteiger partial charge in [-0.15, -0.1) is 0 Å². The Morgan fingerprint density at radius 2 is 2.25 bits per heavy atom. The predicted octanol–water partition coefficient (Wildman–Crippen LogP) is 2.62. The van der Waals surface area contributed by atoms with Crippen molar-refractivity contribution in [3.05, 3.63) is 22.7 Å². The zero-order valence-electron chi connectivity index (χ0n) is 7.04. The number of benzene rings is 1. The fourth-order valence-electron chi connectivity index (χ4n) is 1.32. The molecule has 0 saturated carbocycles. The van der Waals surface area contributed by atoms with Crippen LogP contribution in [0.25, 0.3) is 0 Å². The molecule has 1 aromatic rings. The summed E-state index contributed by atoms with van der Waals surface area (Å²) in [4.78, 5) is 2.11. The summed E-state index contributed by atoms with van der Waals surface area (Å²) in [6, 6.07) is 6.04. The third-order valence-electron chi connectivity index (χ3n) is 2.14. The normalized spacial score (nSPS) is 20.6. The minimum Gasteiger partial charge on any atom is -0.469 e. The van der Waals surface area contributed by atoms with Gasteiger partial charge in [-0.3, -0.25) is 0 Å². The Balaban J connectivity index is 2.48. The highest BCUT2D eigenvalue weighted by Gasteiger charge is 2.23. The molecular weight excluding hydrogens is 218 g/mol. The predicted molar refractivity (Wildman–Crippen MR) is 52.6 cm³/mol. The highest BCUT2D eigenvalue weighted by atomic mass is 79.9. The van der Waals surface area contributed by atoms with E-state index in [1.165, 1.54) is 0 Å². The molecular formula is C9H10BrNO. The number of rotatable bonds is 0. The number of nitrogens with zero attached hydrogens (tertiary/aromatic N) is 1. The van der Waals surface area contributed by atoms with Gasteiger partial charge in [0.05, 0.1) is 5.69 Å². The fourth-order valence-corrected chi connectivity index (χ4v) is 1.67. The number of ether oxygens (including phenoxy) is 1. The molecule has 0 aliphatic carbocycles. The van der Waals surface area contributed by atoms with Crippen LogP contribution in [0.1, 0.15) is 6.92 Å². The van der Waals surface area contributed by atoms with Crippen molar-refractivity contribution in [3.63, 3.8) is 0 Å². The molecule has 0 fully saturated rings. The third kappa shape index (κ3) is 1.08. The van der Waals surface area contributed by atoms with Crippen molar-refractivity contribution in [1.29, 1.82) is 0 Å². The van der Waals surface area contributed by atoms with Crippen LogP contribution in [-0.2, 0) is 0 Å². The van der Waals surface area contributed by atoms with Crippen molar-refractivity contribution in [1.82, 2.24) is 0 Å². The first kappa shape index (κ1) is 7.92. The van der Waals surface area contributed by atoms with Crippen molar-refractivity contribution >= 4 is 21.6 Å². The Kier molecular flexibility index (Phi) is 1.76. The molecule has 0 aromatic heterocycles. The van der Waals surface area contributed by atoms with E-state index in [1.54, 1.807) is 0 Å². The molecule has 1 heterocycles. The average Bonchev–Trinajstić information content (AvgIpc) is 2.31. The van der Waals surface area contributed by atoms with Gasteiger partial charge in [-0.1, -0.05) is 15.9 Å². The molecule has 12 heavy (non-hydrogen) atoms. The molecule has 1 aromatic carbocycles. The van der Waals surface area contributed by atoms with E-state index in [9.17, 15) is 0 Å². The van der Waals surface area contributed by atoms with Gasteiger partial charge in [0, 0.05) is 11.5 Å². The van der Waals surface area contributed by atoms with E-state index in [2.05, 4.69) is 26.9 Å². The molecule has 0 N–H and O–H groups in total. The monoisotopic (exact) mass is 227 g/mol. The molecule has 2 nitrogen and oxygen atoms in total. The van der Waals surface area contributed by atoms with Gasteiger partial charge in [-0.2, -0.15) is 0 Å². The zero-order chi connectivity index (χ0) is 8.72. The van der Waals surface area contributed by atoms with Crippen molar-refractivity contribution in [2.45, 2.75) is 13.2 Å². The van der Waals surface area contributed by atoms with Crippen LogP contribution in [0.2, 0.25) is 0 Å². The molecule has 64 valence electrons. The van der Waals surface area contributed by atoms with Crippen LogP contribution in [0.5, 0.6) is 5.75 Å². The van der Waals surface area contributed by atoms with Crippen LogP contribution in [0, 0.1) is 0 Å². The molecule has 1 aliphatic heterocycles. The van der Waals surface area contributed by atoms with Crippen LogP contribution < -0.4 is 9.64 Å². The lowest BCUT2D eigenvalue weighted by atomic mass is 10.3. The second-order valence-electron chi connectivity index (χ2n) is 2.94. The van der Waals surface area contributed by atoms with Crippen molar-refractivity contribution in [2.24, 2.45) is 0 Å². The quantitative estimate of drug-likeness (QED) is 0.676. The van der Waals surface area contributed by atoms with Gasteiger partial charge < -0.3 is 9.64 Å². The molecule has 0 radical (unpaired) electrons. The molecule has 2 rings (SSSR count). The van der Waals surface area contributed by atoms with Crippen LogP contribution in [0.3, 0.4) is 0 Å². The van der Waals surface area contributed by atoms with Crippen LogP contribution in [-0.4, -0.2) is 13.3 Å². The number of hydrogen-bond acceptors (Lipinski definition) is 2. The maximum atomic E-state index is 5.58. The van der Waals surface area contributed by atoms with E-state index in [4.69, 9.17) is 4.74 Å². The first-order valence-corrected chi connectivity index (χ1v) is 4.67. The second kappa shape index (κ2) is 2.66. The van der Waals surface area contributed by atoms with Crippen molar-refractivity contribution < 1.29 is 4.74 Å². The molecule has 0 spiro atoms. The lowest BCUT2D eigenvalue weighted by Gasteiger charge is -2.15. The van der Waals surface area contributed by atoms with Gasteiger partial charge in [0.2, 0.25) is 0 Å². The van der Waals surface area contributed by atoms with Crippen LogP contribution in [0.15, 0.2) is 22.7 Å². The van der Waals surface area contributed by atoms with Gasteiger partial charge in [-0.05, 0) is 25.1 Å². The lowest BCUT2D eigenvalue weighted by molar-refractivity contribution is 0.251. The lowest BCUT2D eigenvalue weighted by Crippen LogP contribution is -2.27. The van der Waals surface area contributed by atoms with E-state index < -0.39 is 0 Å². The Hall–Kier alpha value is -0.700. The summed E-state index contributed by atoms with van der Waals surface area (Å²) < 4.78 is 6.67. The Labute approximate surface area is 80.3 Å². The van der Waals surface area contributed by atoms with Gasteiger partial charge >= 0.3 is 0 Å². The highest BCUT2D eigenvalue weighted by Crippen LogP contribution is 2.37. The average molecular weight is 228 g/mol. The third-order valence-corrected chi connectivity index (χ3v) is 2.64. The maximum Gasteiger partial charge on any atom is 0.169 e. The number of hydrogen-bond donors (Lipinski definition) is 0. The fraction of sp³-hybridized carbons (Fsp3) is 0.333. The molecule has 1 aliphatic rings. The highest BCUT2D eigenvalue weighted by molar-refractivity contribution is 9.10. The van der Waals surface area contributed by atoms with Crippen molar-refractivity contribution in [2.75, 3.05) is 11.9 Å². The minimum absolute atomic E-state index is 0.147. The van der Waals surface area contributed by atoms with E-state index in [-0.39, 0.29) is 6.23 Å². The van der Waals surface area contributed by atoms with E-state index in [0.717, 1.165) is 15.9 Å². The molecule has 3 heteroatoms. The summed E-state index contributed by atoms with van der Waals surface area (Å²) in [5.41, 5.74) is 1.15. The van der Waals surface area contributed by atoms with Gasteiger partial charge in [0.1, 0.15) is 5.75 Å². The van der Waals surface area contributed by atoms with E-state index in [1.807, 2.05) is 26.1 Å². The first-order valence-electron chi connectivity index (χ1n) is 3.87. The molecule has 0 bridgehead atoms. The summed E-state index contributed by atoms with van der Waals surface area (Å²) in [5.74, 6) is 0.966. The van der Waals surface area contributed by atoms with E-state index in [0.29, 0.717) is 0 Å². The standard InChI is InChI=1S/C9H10BrNO/c1-6-11(2)8-5-7(10)3-4-9(8)12-6/h3-6H,1-2H3. The maximum absolute atomic E-state index is 5.58. The van der Waals surface area contributed by atoms with Gasteiger partial charge in [0.15, 0.2) is 6.23 Å². The van der Waals surface area contributed by atoms with E-state index >= 15 is 0 Å². The zero-order valence-corrected chi connectivity index (χ0v) is 8.63. The minimum atomic E-state index is 0.147. The number of anilines is 1. The Morgan fingerprint density at radius 3 is 3.00 bits per heavy atom. The number of halogens is 1. The summed E-state index contributed by atoms with van der Waals surface area (Å²) in [6.45, 7) is 2.04. The first-order chi connectivity index (χ1) is 5.68. The second-order valence-corrected chi connectivity index (χ2v) is 3.86. The molecule has 0 saturated heterocycles. The summed E-state index contributed by atoms with van der Waals surface area (Å²) in [5, 5.41) is 0. The molecule has 1 unspecified atom stereocenters. The van der Waals surface area contributed by atoms with Crippen molar-refractivity contribution in [3.8, 4) is 5.75 Å². The molecule has 0 amide bonds.